The molecule has 2 heterocycles. The molecule has 0 amide bonds. The van der Waals surface area contributed by atoms with Crippen LogP contribution in [-0.2, 0) is 5.41 Å². The lowest BCUT2D eigenvalue weighted by molar-refractivity contribution is 0.794. The topological polar surface area (TPSA) is 30.7 Å². The molecule has 0 saturated carbocycles. The number of benzene rings is 11. The zero-order valence-electron chi connectivity index (χ0n) is 38.0. The largest absolute Gasteiger partial charge is 0.309 e. The van der Waals surface area contributed by atoms with Crippen molar-refractivity contribution in [3.05, 3.63) is 271 Å². The first-order valence-electron chi connectivity index (χ1n) is 24.1. The molecule has 70 heavy (non-hydrogen) atoms. The molecule has 11 aromatic carbocycles. The van der Waals surface area contributed by atoms with Gasteiger partial charge in [0, 0.05) is 33.2 Å². The van der Waals surface area contributed by atoms with Crippen molar-refractivity contribution in [3.8, 4) is 73.0 Å². The summed E-state index contributed by atoms with van der Waals surface area (Å²) >= 11 is 0. The van der Waals surface area contributed by atoms with Gasteiger partial charge in [-0.05, 0) is 126 Å². The summed E-state index contributed by atoms with van der Waals surface area (Å²) in [6, 6.07) is 91.1. The summed E-state index contributed by atoms with van der Waals surface area (Å²) in [6.45, 7) is 0. The molecule has 15 rings (SSSR count). The minimum Gasteiger partial charge on any atom is -0.309 e. The molecule has 13 aromatic rings. The fourth-order valence-electron chi connectivity index (χ4n) is 12.3. The normalized spacial score (nSPS) is 13.0. The molecule has 2 aliphatic carbocycles. The van der Waals surface area contributed by atoms with Gasteiger partial charge in [0.2, 0.25) is 0 Å². The minimum atomic E-state index is -0.471. The third kappa shape index (κ3) is 5.52. The van der Waals surface area contributed by atoms with Crippen LogP contribution in [0.15, 0.2) is 249 Å². The lowest BCUT2D eigenvalue weighted by atomic mass is 9.70. The molecule has 0 aliphatic heterocycles. The molecule has 0 N–H and O–H groups in total. The summed E-state index contributed by atoms with van der Waals surface area (Å²) in [4.78, 5) is 11.0. The van der Waals surface area contributed by atoms with E-state index in [0.717, 1.165) is 50.4 Å². The summed E-state index contributed by atoms with van der Waals surface area (Å²) in [6.07, 6.45) is 0. The number of hydrogen-bond donors (Lipinski definition) is 0. The van der Waals surface area contributed by atoms with Gasteiger partial charge in [-0.2, -0.15) is 0 Å². The Kier molecular flexibility index (Phi) is 8.28. The molecule has 2 aromatic heterocycles. The summed E-state index contributed by atoms with van der Waals surface area (Å²) in [7, 11) is 0. The van der Waals surface area contributed by atoms with E-state index in [4.69, 9.17) is 9.97 Å². The Balaban J connectivity index is 1.00. The predicted octanol–water partition coefficient (Wildman–Crippen LogP) is 16.9. The summed E-state index contributed by atoms with van der Waals surface area (Å²) < 4.78 is 2.43. The maximum absolute atomic E-state index is 5.51. The van der Waals surface area contributed by atoms with Gasteiger partial charge in [-0.25, -0.2) is 9.97 Å². The van der Waals surface area contributed by atoms with Gasteiger partial charge in [-0.15, -0.1) is 0 Å². The van der Waals surface area contributed by atoms with Gasteiger partial charge < -0.3 is 4.57 Å². The molecule has 0 unspecified atom stereocenters. The molecule has 0 fully saturated rings. The molecule has 2 aliphatic rings. The molecule has 3 nitrogen and oxygen atoms in total. The van der Waals surface area contributed by atoms with Gasteiger partial charge in [0.05, 0.1) is 27.8 Å². The highest BCUT2D eigenvalue weighted by molar-refractivity contribution is 6.14. The van der Waals surface area contributed by atoms with Crippen molar-refractivity contribution in [2.75, 3.05) is 0 Å². The number of para-hydroxylation sites is 2. The predicted molar refractivity (Wildman–Crippen MR) is 289 cm³/mol. The van der Waals surface area contributed by atoms with Gasteiger partial charge >= 0.3 is 0 Å². The number of aromatic nitrogens is 3. The van der Waals surface area contributed by atoms with E-state index in [-0.39, 0.29) is 0 Å². The number of fused-ring (bicyclic) bond motifs is 16. The van der Waals surface area contributed by atoms with Crippen LogP contribution in [0.25, 0.3) is 116 Å². The van der Waals surface area contributed by atoms with Crippen molar-refractivity contribution < 1.29 is 0 Å². The maximum Gasteiger partial charge on any atom is 0.160 e. The van der Waals surface area contributed by atoms with Crippen LogP contribution in [0.2, 0.25) is 0 Å². The highest BCUT2D eigenvalue weighted by Gasteiger charge is 2.51. The molecular weight excluding hydrogens is 847 g/mol. The standard InChI is InChI=1S/C67H41N3/c1-2-18-42(19-3-1)66-68-62(44-34-35-54-53-26-10-15-31-60(53)67(61(54)40-44)58-29-13-8-24-51(58)52-25-9-14-30-59(52)67)41-63(69-66)46-36-45(57-39-43-20-4-5-21-48(43)49-22-6-7-23-50(49)57)37-47(38-46)70-64-32-16-11-27-55(64)56-28-12-17-33-65(56)70/h1-41H. The third-order valence-electron chi connectivity index (χ3n) is 15.2. The van der Waals surface area contributed by atoms with Crippen LogP contribution in [0.1, 0.15) is 22.3 Å². The molecule has 324 valence electrons. The third-order valence-corrected chi connectivity index (χ3v) is 15.2. The van der Waals surface area contributed by atoms with Crippen LogP contribution in [0.5, 0.6) is 0 Å². The average molecular weight is 888 g/mol. The second kappa shape index (κ2) is 14.9. The Labute approximate surface area is 405 Å². The highest BCUT2D eigenvalue weighted by atomic mass is 15.0. The van der Waals surface area contributed by atoms with Crippen molar-refractivity contribution in [3.63, 3.8) is 0 Å². The fraction of sp³-hybridized carbons (Fsp3) is 0.0149. The number of rotatable bonds is 5. The SMILES string of the molecule is c1ccc(-c2nc(-c3cc(-c4cc5ccccc5c5ccccc45)cc(-n4c5ccccc5c5ccccc54)c3)cc(-c3ccc4c(c3)C3(c5ccccc5-c5ccccc53)c3ccccc3-4)n2)cc1. The molecule has 0 saturated heterocycles. The van der Waals surface area contributed by atoms with E-state index in [1.165, 1.54) is 82.4 Å². The monoisotopic (exact) mass is 887 g/mol. The van der Waals surface area contributed by atoms with Crippen molar-refractivity contribution in [1.29, 1.82) is 0 Å². The lowest BCUT2D eigenvalue weighted by Gasteiger charge is -2.30. The van der Waals surface area contributed by atoms with E-state index in [1.54, 1.807) is 0 Å². The number of nitrogens with zero attached hydrogens (tertiary/aromatic N) is 3. The van der Waals surface area contributed by atoms with Crippen LogP contribution >= 0.6 is 0 Å². The Morgan fingerprint density at radius 2 is 0.786 bits per heavy atom. The van der Waals surface area contributed by atoms with Crippen LogP contribution in [0.4, 0.5) is 0 Å². The van der Waals surface area contributed by atoms with E-state index in [1.807, 2.05) is 0 Å². The molecular formula is C67H41N3. The van der Waals surface area contributed by atoms with Crippen molar-refractivity contribution in [2.45, 2.75) is 5.41 Å². The van der Waals surface area contributed by atoms with E-state index in [0.29, 0.717) is 5.82 Å². The minimum absolute atomic E-state index is 0.471. The van der Waals surface area contributed by atoms with E-state index >= 15 is 0 Å². The highest BCUT2D eigenvalue weighted by Crippen LogP contribution is 2.63. The zero-order chi connectivity index (χ0) is 45.9. The summed E-state index contributed by atoms with van der Waals surface area (Å²) in [5.41, 5.74) is 20.3. The van der Waals surface area contributed by atoms with Gasteiger partial charge in [-0.1, -0.05) is 200 Å². The molecule has 0 bridgehead atoms. The van der Waals surface area contributed by atoms with Crippen molar-refractivity contribution in [1.82, 2.24) is 14.5 Å². The van der Waals surface area contributed by atoms with Gasteiger partial charge in [0.1, 0.15) is 0 Å². The van der Waals surface area contributed by atoms with E-state index in [2.05, 4.69) is 253 Å². The Hall–Kier alpha value is -9.18. The first kappa shape index (κ1) is 38.9. The van der Waals surface area contributed by atoms with Gasteiger partial charge in [-0.3, -0.25) is 0 Å². The second-order valence-electron chi connectivity index (χ2n) is 18.8. The van der Waals surface area contributed by atoms with E-state index in [9.17, 15) is 0 Å². The molecule has 0 radical (unpaired) electrons. The van der Waals surface area contributed by atoms with Crippen LogP contribution < -0.4 is 0 Å². The van der Waals surface area contributed by atoms with Crippen molar-refractivity contribution in [2.24, 2.45) is 0 Å². The second-order valence-corrected chi connectivity index (χ2v) is 18.8. The van der Waals surface area contributed by atoms with Crippen LogP contribution in [0.3, 0.4) is 0 Å². The molecule has 3 heteroatoms. The van der Waals surface area contributed by atoms with Gasteiger partial charge in [0.15, 0.2) is 5.82 Å². The van der Waals surface area contributed by atoms with Crippen LogP contribution in [-0.4, -0.2) is 14.5 Å². The Bertz CT molecular complexity index is 4190. The molecule has 1 spiro atoms. The van der Waals surface area contributed by atoms with Crippen LogP contribution in [0, 0.1) is 0 Å². The summed E-state index contributed by atoms with van der Waals surface area (Å²) in [5, 5.41) is 7.35. The maximum atomic E-state index is 5.51. The quantitative estimate of drug-likeness (QED) is 0.161. The lowest BCUT2D eigenvalue weighted by Crippen LogP contribution is -2.25. The first-order valence-corrected chi connectivity index (χ1v) is 24.1. The number of hydrogen-bond acceptors (Lipinski definition) is 2. The fourth-order valence-corrected chi connectivity index (χ4v) is 12.3. The van der Waals surface area contributed by atoms with E-state index < -0.39 is 5.41 Å². The average Bonchev–Trinajstić information content (AvgIpc) is 4.05. The Morgan fingerprint density at radius 1 is 0.286 bits per heavy atom. The molecule has 0 atom stereocenters. The Morgan fingerprint density at radius 3 is 1.44 bits per heavy atom. The smallest absolute Gasteiger partial charge is 0.160 e. The zero-order valence-corrected chi connectivity index (χ0v) is 38.0. The first-order chi connectivity index (χ1) is 34.7. The van der Waals surface area contributed by atoms with Gasteiger partial charge in [0.25, 0.3) is 0 Å². The van der Waals surface area contributed by atoms with Crippen molar-refractivity contribution >= 4 is 43.4 Å². The summed E-state index contributed by atoms with van der Waals surface area (Å²) in [5.74, 6) is 0.683.